The van der Waals surface area contributed by atoms with Crippen LogP contribution in [0.1, 0.15) is 34.1 Å². The van der Waals surface area contributed by atoms with Gasteiger partial charge in [-0.2, -0.15) is 0 Å². The van der Waals surface area contributed by atoms with Crippen LogP contribution in [0, 0.1) is 5.92 Å². The quantitative estimate of drug-likeness (QED) is 0.863. The number of aliphatic hydroxyl groups excluding tert-OH is 1. The zero-order valence-corrected chi connectivity index (χ0v) is 12.3. The largest absolute Gasteiger partial charge is 0.389 e. The molecule has 2 N–H and O–H groups in total. The van der Waals surface area contributed by atoms with E-state index in [-0.39, 0.29) is 19.1 Å². The highest BCUT2D eigenvalue weighted by Crippen LogP contribution is 2.32. The first kappa shape index (κ1) is 14.5. The van der Waals surface area contributed by atoms with Gasteiger partial charge < -0.3 is 15.2 Å². The van der Waals surface area contributed by atoms with Crippen molar-refractivity contribution < 1.29 is 14.6 Å². The lowest BCUT2D eigenvalue weighted by Crippen LogP contribution is -2.34. The molecule has 19 heavy (non-hydrogen) atoms. The summed E-state index contributed by atoms with van der Waals surface area (Å²) in [5, 5.41) is 14.2. The number of thiophene rings is 1. The van der Waals surface area contributed by atoms with Gasteiger partial charge in [0.25, 0.3) is 5.91 Å². The van der Waals surface area contributed by atoms with Crippen LogP contribution in [0.25, 0.3) is 0 Å². The number of rotatable bonds is 5. The van der Waals surface area contributed by atoms with Crippen LogP contribution in [0.5, 0.6) is 0 Å². The Kier molecular flexibility index (Phi) is 4.96. The molecule has 0 saturated heterocycles. The third-order valence-electron chi connectivity index (χ3n) is 3.50. The van der Waals surface area contributed by atoms with Gasteiger partial charge in [-0.15, -0.1) is 11.3 Å². The standard InChI is InChI=1S/C14H21NO3S/c1-9-3-4-11-12(8-19-13(11)5-9)14(17)15-6-10(16)7-18-2/h8-10,16H,3-7H2,1-2H3,(H,15,17). The van der Waals surface area contributed by atoms with E-state index in [2.05, 4.69) is 12.2 Å². The second-order valence-corrected chi connectivity index (χ2v) is 6.18. The highest BCUT2D eigenvalue weighted by Gasteiger charge is 2.23. The smallest absolute Gasteiger partial charge is 0.252 e. The molecule has 1 aromatic heterocycles. The van der Waals surface area contributed by atoms with Crippen LogP contribution < -0.4 is 5.32 Å². The van der Waals surface area contributed by atoms with Crippen LogP contribution in [-0.4, -0.2) is 37.4 Å². The van der Waals surface area contributed by atoms with Crippen molar-refractivity contribution in [2.45, 2.75) is 32.3 Å². The molecule has 2 unspecified atom stereocenters. The van der Waals surface area contributed by atoms with Crippen molar-refractivity contribution in [1.29, 1.82) is 0 Å². The summed E-state index contributed by atoms with van der Waals surface area (Å²) in [6, 6.07) is 0. The fourth-order valence-corrected chi connectivity index (χ4v) is 3.67. The molecule has 0 spiro atoms. The summed E-state index contributed by atoms with van der Waals surface area (Å²) in [5.41, 5.74) is 2.00. The second kappa shape index (κ2) is 6.50. The van der Waals surface area contributed by atoms with Crippen molar-refractivity contribution in [2.24, 2.45) is 5.92 Å². The average molecular weight is 283 g/mol. The van der Waals surface area contributed by atoms with E-state index in [0.29, 0.717) is 5.92 Å². The number of fused-ring (bicyclic) bond motifs is 1. The molecule has 0 bridgehead atoms. The predicted molar refractivity (Wildman–Crippen MR) is 75.7 cm³/mol. The van der Waals surface area contributed by atoms with Gasteiger partial charge >= 0.3 is 0 Å². The lowest BCUT2D eigenvalue weighted by Gasteiger charge is -2.19. The van der Waals surface area contributed by atoms with E-state index in [1.165, 1.54) is 17.6 Å². The van der Waals surface area contributed by atoms with Crippen molar-refractivity contribution in [3.63, 3.8) is 0 Å². The van der Waals surface area contributed by atoms with Gasteiger partial charge in [0.2, 0.25) is 0 Å². The van der Waals surface area contributed by atoms with Crippen LogP contribution in [-0.2, 0) is 17.6 Å². The molecular formula is C14H21NO3S. The number of aliphatic hydroxyl groups is 1. The molecule has 1 aromatic rings. The van der Waals surface area contributed by atoms with E-state index in [4.69, 9.17) is 4.74 Å². The first-order chi connectivity index (χ1) is 9.11. The van der Waals surface area contributed by atoms with Crippen molar-refractivity contribution in [1.82, 2.24) is 5.32 Å². The Morgan fingerprint density at radius 1 is 1.68 bits per heavy atom. The SMILES string of the molecule is COCC(O)CNC(=O)c1csc2c1CCC(C)C2. The third kappa shape index (κ3) is 3.55. The molecule has 2 atom stereocenters. The number of nitrogens with one attached hydrogen (secondary N) is 1. The van der Waals surface area contributed by atoms with Crippen LogP contribution >= 0.6 is 11.3 Å². The summed E-state index contributed by atoms with van der Waals surface area (Å²) in [7, 11) is 1.53. The summed E-state index contributed by atoms with van der Waals surface area (Å²) in [5.74, 6) is 0.632. The molecule has 0 radical (unpaired) electrons. The number of carbonyl (C=O) groups excluding carboxylic acids is 1. The van der Waals surface area contributed by atoms with Crippen LogP contribution in [0.2, 0.25) is 0 Å². The van der Waals surface area contributed by atoms with Gasteiger partial charge in [0.15, 0.2) is 0 Å². The maximum Gasteiger partial charge on any atom is 0.252 e. The van der Waals surface area contributed by atoms with E-state index >= 15 is 0 Å². The van der Waals surface area contributed by atoms with E-state index in [0.717, 1.165) is 24.8 Å². The topological polar surface area (TPSA) is 58.6 Å². The second-order valence-electron chi connectivity index (χ2n) is 5.22. The molecule has 0 aliphatic heterocycles. The molecule has 1 amide bonds. The minimum atomic E-state index is -0.650. The Hall–Kier alpha value is -0.910. The zero-order chi connectivity index (χ0) is 13.8. The van der Waals surface area contributed by atoms with Crippen LogP contribution in [0.15, 0.2) is 5.38 Å². The number of amides is 1. The van der Waals surface area contributed by atoms with Gasteiger partial charge in [0.1, 0.15) is 0 Å². The van der Waals surface area contributed by atoms with Gasteiger partial charge in [-0.1, -0.05) is 6.92 Å². The zero-order valence-electron chi connectivity index (χ0n) is 11.4. The molecule has 1 heterocycles. The lowest BCUT2D eigenvalue weighted by molar-refractivity contribution is 0.0609. The fourth-order valence-electron chi connectivity index (χ4n) is 2.42. The van der Waals surface area contributed by atoms with Gasteiger partial charge in [0.05, 0.1) is 18.3 Å². The number of methoxy groups -OCH3 is 1. The third-order valence-corrected chi connectivity index (χ3v) is 4.55. The van der Waals surface area contributed by atoms with Crippen LogP contribution in [0.4, 0.5) is 0 Å². The summed E-state index contributed by atoms with van der Waals surface area (Å²) >= 11 is 1.68. The Morgan fingerprint density at radius 3 is 3.21 bits per heavy atom. The molecule has 4 nitrogen and oxygen atoms in total. The Bertz CT molecular complexity index is 444. The first-order valence-corrected chi connectivity index (χ1v) is 7.54. The number of hydrogen-bond acceptors (Lipinski definition) is 4. The maximum absolute atomic E-state index is 12.1. The highest BCUT2D eigenvalue weighted by molar-refractivity contribution is 7.10. The summed E-state index contributed by atoms with van der Waals surface area (Å²) < 4.78 is 4.83. The van der Waals surface area contributed by atoms with E-state index < -0.39 is 6.10 Å². The lowest BCUT2D eigenvalue weighted by atomic mass is 9.88. The van der Waals surface area contributed by atoms with E-state index in [1.54, 1.807) is 11.3 Å². The number of carbonyl (C=O) groups is 1. The van der Waals surface area contributed by atoms with E-state index in [1.807, 2.05) is 5.38 Å². The van der Waals surface area contributed by atoms with E-state index in [9.17, 15) is 9.90 Å². The molecule has 106 valence electrons. The summed E-state index contributed by atoms with van der Waals surface area (Å²) in [6.45, 7) is 2.72. The molecule has 0 saturated carbocycles. The fraction of sp³-hybridized carbons (Fsp3) is 0.643. The van der Waals surface area contributed by atoms with Crippen LogP contribution in [0.3, 0.4) is 0 Å². The maximum atomic E-state index is 12.1. The monoisotopic (exact) mass is 283 g/mol. The predicted octanol–water partition coefficient (Wildman–Crippen LogP) is 1.61. The van der Waals surface area contributed by atoms with Gasteiger partial charge in [0, 0.05) is 23.9 Å². The Balaban J connectivity index is 1.97. The van der Waals surface area contributed by atoms with Gasteiger partial charge in [-0.05, 0) is 30.7 Å². The number of hydrogen-bond donors (Lipinski definition) is 2. The summed E-state index contributed by atoms with van der Waals surface area (Å²) in [4.78, 5) is 13.5. The molecule has 1 aliphatic carbocycles. The Labute approximate surface area is 117 Å². The highest BCUT2D eigenvalue weighted by atomic mass is 32.1. The first-order valence-electron chi connectivity index (χ1n) is 6.66. The molecule has 5 heteroatoms. The minimum absolute atomic E-state index is 0.0813. The van der Waals surface area contributed by atoms with Gasteiger partial charge in [-0.3, -0.25) is 4.79 Å². The van der Waals surface area contributed by atoms with Crippen molar-refractivity contribution in [2.75, 3.05) is 20.3 Å². The molecule has 2 rings (SSSR count). The van der Waals surface area contributed by atoms with Gasteiger partial charge in [-0.25, -0.2) is 0 Å². The minimum Gasteiger partial charge on any atom is -0.389 e. The Morgan fingerprint density at radius 2 is 2.47 bits per heavy atom. The normalized spacial score (nSPS) is 19.8. The summed E-state index contributed by atoms with van der Waals surface area (Å²) in [6.07, 6.45) is 2.57. The molecule has 0 fully saturated rings. The molecular weight excluding hydrogens is 262 g/mol. The number of ether oxygens (including phenoxy) is 1. The van der Waals surface area contributed by atoms with Crippen molar-refractivity contribution >= 4 is 17.2 Å². The van der Waals surface area contributed by atoms with Crippen molar-refractivity contribution in [3.05, 3.63) is 21.4 Å². The average Bonchev–Trinajstić information content (AvgIpc) is 2.79. The molecule has 0 aromatic carbocycles. The van der Waals surface area contributed by atoms with Crippen molar-refractivity contribution in [3.8, 4) is 0 Å². The molecule has 1 aliphatic rings.